The lowest BCUT2D eigenvalue weighted by Gasteiger charge is -2.25. The molecule has 4 nitrogen and oxygen atoms in total. The number of likely N-dealkylation sites (tertiary alicyclic amines) is 1. The van der Waals surface area contributed by atoms with Crippen molar-refractivity contribution in [2.45, 2.75) is 38.6 Å². The number of rotatable bonds is 4. The van der Waals surface area contributed by atoms with Gasteiger partial charge in [0.25, 0.3) is 0 Å². The van der Waals surface area contributed by atoms with E-state index in [4.69, 9.17) is 10.9 Å². The van der Waals surface area contributed by atoms with Crippen LogP contribution in [0.1, 0.15) is 32.6 Å². The molecule has 1 aliphatic rings. The summed E-state index contributed by atoms with van der Waals surface area (Å²) in [4.78, 5) is 2.43. The Morgan fingerprint density at radius 1 is 1.54 bits per heavy atom. The zero-order valence-electron chi connectivity index (χ0n) is 8.24. The van der Waals surface area contributed by atoms with E-state index in [-0.39, 0.29) is 0 Å². The van der Waals surface area contributed by atoms with E-state index in [1.807, 2.05) is 0 Å². The highest BCUT2D eigenvalue weighted by Gasteiger charge is 2.21. The molecule has 4 heteroatoms. The van der Waals surface area contributed by atoms with Gasteiger partial charge in [0.15, 0.2) is 0 Å². The Labute approximate surface area is 79.4 Å². The third-order valence-electron chi connectivity index (χ3n) is 2.70. The maximum absolute atomic E-state index is 8.47. The predicted molar refractivity (Wildman–Crippen MR) is 52.9 cm³/mol. The van der Waals surface area contributed by atoms with Gasteiger partial charge in [-0.1, -0.05) is 12.1 Å². The molecule has 0 saturated carbocycles. The van der Waals surface area contributed by atoms with Gasteiger partial charge in [0.2, 0.25) is 0 Å². The topological polar surface area (TPSA) is 61.9 Å². The van der Waals surface area contributed by atoms with Crippen molar-refractivity contribution >= 4 is 5.84 Å². The molecule has 1 saturated heterocycles. The first kappa shape index (κ1) is 10.3. The Hall–Kier alpha value is -0.770. The number of hydrogen-bond acceptors (Lipinski definition) is 3. The molecule has 0 radical (unpaired) electrons. The van der Waals surface area contributed by atoms with Crippen molar-refractivity contribution in [3.63, 3.8) is 0 Å². The summed E-state index contributed by atoms with van der Waals surface area (Å²) in [5.41, 5.74) is 5.49. The second-order valence-corrected chi connectivity index (χ2v) is 3.60. The van der Waals surface area contributed by atoms with Crippen LogP contribution in [-0.2, 0) is 0 Å². The fourth-order valence-electron chi connectivity index (χ4n) is 1.92. The molecule has 3 N–H and O–H groups in total. The lowest BCUT2D eigenvalue weighted by atomic mass is 10.1. The van der Waals surface area contributed by atoms with Gasteiger partial charge in [-0.15, -0.1) is 0 Å². The summed E-state index contributed by atoms with van der Waals surface area (Å²) in [7, 11) is 0. The summed E-state index contributed by atoms with van der Waals surface area (Å²) < 4.78 is 0. The van der Waals surface area contributed by atoms with Crippen LogP contribution in [0.5, 0.6) is 0 Å². The number of oxime groups is 1. The highest BCUT2D eigenvalue weighted by Crippen LogP contribution is 2.16. The van der Waals surface area contributed by atoms with Crippen LogP contribution in [0.25, 0.3) is 0 Å². The van der Waals surface area contributed by atoms with Crippen molar-refractivity contribution in [3.05, 3.63) is 0 Å². The first-order valence-corrected chi connectivity index (χ1v) is 4.98. The van der Waals surface area contributed by atoms with Gasteiger partial charge in [-0.2, -0.15) is 0 Å². The summed E-state index contributed by atoms with van der Waals surface area (Å²) in [6.07, 6.45) is 4.32. The van der Waals surface area contributed by atoms with Gasteiger partial charge in [-0.25, -0.2) is 0 Å². The zero-order valence-corrected chi connectivity index (χ0v) is 8.24. The Kier molecular flexibility index (Phi) is 4.02. The molecule has 13 heavy (non-hydrogen) atoms. The molecule has 1 unspecified atom stereocenters. The fourth-order valence-corrected chi connectivity index (χ4v) is 1.92. The molecular weight excluding hydrogens is 166 g/mol. The minimum atomic E-state index is 0.346. The smallest absolute Gasteiger partial charge is 0.140 e. The van der Waals surface area contributed by atoms with Gasteiger partial charge in [-0.05, 0) is 32.4 Å². The molecule has 1 fully saturated rings. The third kappa shape index (κ3) is 2.88. The van der Waals surface area contributed by atoms with Crippen LogP contribution in [0.15, 0.2) is 5.16 Å². The molecular formula is C9H19N3O. The number of amidine groups is 1. The molecule has 0 spiro atoms. The first-order chi connectivity index (χ1) is 6.27. The van der Waals surface area contributed by atoms with Gasteiger partial charge in [0, 0.05) is 12.5 Å². The molecule has 1 atom stereocenters. The maximum atomic E-state index is 8.47. The van der Waals surface area contributed by atoms with E-state index in [1.54, 1.807) is 0 Å². The zero-order chi connectivity index (χ0) is 9.68. The number of nitrogens with zero attached hydrogens (tertiary/aromatic N) is 2. The first-order valence-electron chi connectivity index (χ1n) is 4.98. The van der Waals surface area contributed by atoms with Crippen molar-refractivity contribution in [1.82, 2.24) is 4.90 Å². The molecule has 76 valence electrons. The Bertz CT molecular complexity index is 176. The van der Waals surface area contributed by atoms with Crippen LogP contribution in [0.4, 0.5) is 0 Å². The highest BCUT2D eigenvalue weighted by atomic mass is 16.4. The molecule has 1 rings (SSSR count). The van der Waals surface area contributed by atoms with Crippen LogP contribution in [0.2, 0.25) is 0 Å². The quantitative estimate of drug-likeness (QED) is 0.297. The number of nitrogens with two attached hydrogens (primary N) is 1. The molecule has 0 amide bonds. The van der Waals surface area contributed by atoms with Gasteiger partial charge in [0.05, 0.1) is 0 Å². The van der Waals surface area contributed by atoms with Crippen LogP contribution < -0.4 is 5.73 Å². The largest absolute Gasteiger partial charge is 0.409 e. The lowest BCUT2D eigenvalue weighted by Crippen LogP contribution is -2.35. The second-order valence-electron chi connectivity index (χ2n) is 3.60. The minimum absolute atomic E-state index is 0.346. The Morgan fingerprint density at radius 2 is 2.15 bits per heavy atom. The van der Waals surface area contributed by atoms with E-state index in [2.05, 4.69) is 17.0 Å². The van der Waals surface area contributed by atoms with E-state index in [1.165, 1.54) is 12.8 Å². The summed E-state index contributed by atoms with van der Waals surface area (Å²) in [5.74, 6) is 0.346. The summed E-state index contributed by atoms with van der Waals surface area (Å²) in [5, 5.41) is 11.5. The Balaban J connectivity index is 2.41. The van der Waals surface area contributed by atoms with E-state index in [0.717, 1.165) is 19.5 Å². The van der Waals surface area contributed by atoms with Crippen LogP contribution >= 0.6 is 0 Å². The van der Waals surface area contributed by atoms with Gasteiger partial charge in [-0.3, -0.25) is 4.90 Å². The summed E-state index contributed by atoms with van der Waals surface area (Å²) >= 11 is 0. The van der Waals surface area contributed by atoms with Crippen LogP contribution in [0.3, 0.4) is 0 Å². The van der Waals surface area contributed by atoms with Crippen molar-refractivity contribution in [1.29, 1.82) is 0 Å². The van der Waals surface area contributed by atoms with Crippen molar-refractivity contribution in [2.75, 3.05) is 13.1 Å². The van der Waals surface area contributed by atoms with E-state index >= 15 is 0 Å². The predicted octanol–water partition coefficient (Wildman–Crippen LogP) is 0.997. The van der Waals surface area contributed by atoms with Crippen LogP contribution in [0, 0.1) is 0 Å². The molecule has 1 heterocycles. The van der Waals surface area contributed by atoms with Gasteiger partial charge >= 0.3 is 0 Å². The molecule has 0 aromatic rings. The fraction of sp³-hybridized carbons (Fsp3) is 0.889. The summed E-state index contributed by atoms with van der Waals surface area (Å²) in [6, 6.07) is 0.457. The average molecular weight is 185 g/mol. The lowest BCUT2D eigenvalue weighted by molar-refractivity contribution is 0.238. The average Bonchev–Trinajstić information content (AvgIpc) is 2.66. The van der Waals surface area contributed by atoms with E-state index < -0.39 is 0 Å². The molecule has 0 aliphatic carbocycles. The standard InChI is InChI=1S/C9H19N3O/c1-2-8(7-9(10)11-13)12-5-3-4-6-12/h8,13H,2-7H2,1H3,(H2,10,11). The van der Waals surface area contributed by atoms with Crippen LogP contribution in [-0.4, -0.2) is 35.1 Å². The third-order valence-corrected chi connectivity index (χ3v) is 2.70. The number of hydrogen-bond donors (Lipinski definition) is 2. The van der Waals surface area contributed by atoms with Crippen molar-refractivity contribution in [3.8, 4) is 0 Å². The molecule has 0 aromatic heterocycles. The molecule has 1 aliphatic heterocycles. The monoisotopic (exact) mass is 185 g/mol. The normalized spacial score (nSPS) is 22.1. The maximum Gasteiger partial charge on any atom is 0.140 e. The van der Waals surface area contributed by atoms with E-state index in [9.17, 15) is 0 Å². The molecule has 0 bridgehead atoms. The van der Waals surface area contributed by atoms with E-state index in [0.29, 0.717) is 18.3 Å². The van der Waals surface area contributed by atoms with Crippen molar-refractivity contribution < 1.29 is 5.21 Å². The minimum Gasteiger partial charge on any atom is -0.409 e. The second kappa shape index (κ2) is 5.07. The van der Waals surface area contributed by atoms with Crippen molar-refractivity contribution in [2.24, 2.45) is 10.9 Å². The Morgan fingerprint density at radius 3 is 2.62 bits per heavy atom. The van der Waals surface area contributed by atoms with Gasteiger partial charge < -0.3 is 10.9 Å². The SMILES string of the molecule is CCC(C/C(N)=N/O)N1CCCC1. The van der Waals surface area contributed by atoms with Gasteiger partial charge in [0.1, 0.15) is 5.84 Å². The summed E-state index contributed by atoms with van der Waals surface area (Å²) in [6.45, 7) is 4.47. The molecule has 0 aromatic carbocycles. The highest BCUT2D eigenvalue weighted by molar-refractivity contribution is 5.80.